The topological polar surface area (TPSA) is 71.0 Å². The third-order valence-electron chi connectivity index (χ3n) is 4.88. The highest BCUT2D eigenvalue weighted by Gasteiger charge is 2.19. The third kappa shape index (κ3) is 3.41. The van der Waals surface area contributed by atoms with E-state index in [4.69, 9.17) is 0 Å². The average molecular weight is 420 g/mol. The first kappa shape index (κ1) is 18.0. The molecule has 4 aromatic rings. The van der Waals surface area contributed by atoms with E-state index in [0.717, 1.165) is 55.4 Å². The molecule has 0 fully saturated rings. The van der Waals surface area contributed by atoms with Crippen LogP contribution in [0.5, 0.6) is 0 Å². The van der Waals surface area contributed by atoms with Crippen LogP contribution >= 0.6 is 22.7 Å². The van der Waals surface area contributed by atoms with Gasteiger partial charge >= 0.3 is 0 Å². The van der Waals surface area contributed by atoms with E-state index >= 15 is 0 Å². The highest BCUT2D eigenvalue weighted by atomic mass is 32.1. The minimum Gasteiger partial charge on any atom is -0.340 e. The van der Waals surface area contributed by atoms with Gasteiger partial charge in [-0.2, -0.15) is 0 Å². The lowest BCUT2D eigenvalue weighted by Crippen LogP contribution is -2.33. The van der Waals surface area contributed by atoms with E-state index in [1.54, 1.807) is 29.0 Å². The summed E-state index contributed by atoms with van der Waals surface area (Å²) in [4.78, 5) is 29.1. The molecule has 8 heteroatoms. The van der Waals surface area contributed by atoms with Crippen molar-refractivity contribution in [3.63, 3.8) is 0 Å². The van der Waals surface area contributed by atoms with Gasteiger partial charge < -0.3 is 10.2 Å². The van der Waals surface area contributed by atoms with Gasteiger partial charge in [-0.05, 0) is 42.3 Å². The minimum atomic E-state index is -0.0312. The van der Waals surface area contributed by atoms with Gasteiger partial charge in [-0.15, -0.1) is 22.7 Å². The number of thiophene rings is 1. The highest BCUT2D eigenvalue weighted by molar-refractivity contribution is 7.19. The van der Waals surface area contributed by atoms with Gasteiger partial charge in [-0.3, -0.25) is 4.79 Å². The lowest BCUT2D eigenvalue weighted by Gasteiger charge is -2.25. The number of rotatable bonds is 4. The zero-order chi connectivity index (χ0) is 19.8. The van der Waals surface area contributed by atoms with E-state index in [0.29, 0.717) is 6.54 Å². The summed E-state index contributed by atoms with van der Waals surface area (Å²) in [7, 11) is 0. The summed E-state index contributed by atoms with van der Waals surface area (Å²) in [6.45, 7) is 4.92. The maximum atomic E-state index is 12.0. The maximum Gasteiger partial charge on any atom is 0.246 e. The minimum absolute atomic E-state index is 0.0312. The lowest BCUT2D eigenvalue weighted by atomic mass is 10.1. The first-order valence-electron chi connectivity index (χ1n) is 9.17. The summed E-state index contributed by atoms with van der Waals surface area (Å²) in [5, 5.41) is 4.38. The van der Waals surface area contributed by atoms with Crippen molar-refractivity contribution in [3.05, 3.63) is 59.7 Å². The summed E-state index contributed by atoms with van der Waals surface area (Å²) in [6.07, 6.45) is 6.00. The van der Waals surface area contributed by atoms with Gasteiger partial charge in [0, 0.05) is 23.7 Å². The fourth-order valence-corrected chi connectivity index (χ4v) is 5.11. The van der Waals surface area contributed by atoms with Crippen LogP contribution in [0.3, 0.4) is 0 Å². The van der Waals surface area contributed by atoms with Crippen LogP contribution in [0.15, 0.2) is 54.8 Å². The number of carbonyl (C=O) groups excluding carboxylic acids is 1. The molecule has 4 heterocycles. The molecular weight excluding hydrogens is 402 g/mol. The lowest BCUT2D eigenvalue weighted by molar-refractivity contribution is -0.125. The van der Waals surface area contributed by atoms with Crippen LogP contribution < -0.4 is 5.32 Å². The van der Waals surface area contributed by atoms with E-state index in [1.807, 2.05) is 22.5 Å². The third-order valence-corrected chi connectivity index (χ3v) is 6.80. The Hall–Kier alpha value is -3.10. The fraction of sp³-hybridized carbons (Fsp3) is 0.143. The second kappa shape index (κ2) is 7.38. The smallest absolute Gasteiger partial charge is 0.246 e. The van der Waals surface area contributed by atoms with E-state index < -0.39 is 0 Å². The maximum absolute atomic E-state index is 12.0. The Morgan fingerprint density at radius 1 is 1.24 bits per heavy atom. The first-order chi connectivity index (χ1) is 14.2. The molecule has 6 nitrogen and oxygen atoms in total. The highest BCUT2D eigenvalue weighted by Crippen LogP contribution is 2.35. The van der Waals surface area contributed by atoms with Gasteiger partial charge in [0.25, 0.3) is 0 Å². The van der Waals surface area contributed by atoms with Crippen LogP contribution in [0.1, 0.15) is 11.3 Å². The quantitative estimate of drug-likeness (QED) is 0.479. The van der Waals surface area contributed by atoms with Gasteiger partial charge in [0.05, 0.1) is 21.1 Å². The normalized spacial score (nSPS) is 14.2. The van der Waals surface area contributed by atoms with Crippen molar-refractivity contribution in [1.82, 2.24) is 19.9 Å². The van der Waals surface area contributed by atoms with Gasteiger partial charge in [0.2, 0.25) is 5.91 Å². The molecule has 144 valence electrons. The number of benzene rings is 1. The number of nitrogens with zero attached hydrogens (tertiary/aromatic N) is 4. The predicted octanol–water partition coefficient (Wildman–Crippen LogP) is 4.85. The number of hydrogen-bond donors (Lipinski definition) is 1. The predicted molar refractivity (Wildman–Crippen MR) is 120 cm³/mol. The van der Waals surface area contributed by atoms with Crippen molar-refractivity contribution < 1.29 is 4.79 Å². The van der Waals surface area contributed by atoms with Gasteiger partial charge in [0.1, 0.15) is 17.0 Å². The van der Waals surface area contributed by atoms with Gasteiger partial charge in [-0.1, -0.05) is 12.7 Å². The van der Waals surface area contributed by atoms with Crippen molar-refractivity contribution in [2.45, 2.75) is 6.42 Å². The Labute approximate surface area is 175 Å². The Morgan fingerprint density at radius 2 is 2.17 bits per heavy atom. The molecule has 0 aliphatic carbocycles. The molecular formula is C21H17N5OS2. The summed E-state index contributed by atoms with van der Waals surface area (Å²) in [5.74, 6) is 0.735. The molecule has 1 amide bonds. The van der Waals surface area contributed by atoms with Crippen LogP contribution in [0.4, 0.5) is 11.5 Å². The molecule has 0 saturated carbocycles. The number of aromatic nitrogens is 3. The number of thiazole rings is 1. The van der Waals surface area contributed by atoms with Crippen molar-refractivity contribution in [2.75, 3.05) is 18.4 Å². The number of anilines is 2. The Bertz CT molecular complexity index is 1270. The molecule has 0 saturated heterocycles. The number of carbonyl (C=O) groups is 1. The van der Waals surface area contributed by atoms with E-state index in [1.165, 1.54) is 6.08 Å². The largest absolute Gasteiger partial charge is 0.340 e. The average Bonchev–Trinajstić information content (AvgIpc) is 3.40. The molecule has 0 atom stereocenters. The van der Waals surface area contributed by atoms with Crippen LogP contribution in [0, 0.1) is 0 Å². The van der Waals surface area contributed by atoms with Crippen molar-refractivity contribution in [3.8, 4) is 0 Å². The Morgan fingerprint density at radius 3 is 3.07 bits per heavy atom. The van der Waals surface area contributed by atoms with Crippen molar-refractivity contribution in [1.29, 1.82) is 0 Å². The monoisotopic (exact) mass is 419 g/mol. The second-order valence-corrected chi connectivity index (χ2v) is 8.61. The number of amides is 1. The van der Waals surface area contributed by atoms with E-state index in [2.05, 4.69) is 45.1 Å². The summed E-state index contributed by atoms with van der Waals surface area (Å²) >= 11 is 3.24. The van der Waals surface area contributed by atoms with Crippen LogP contribution in [-0.2, 0) is 4.79 Å². The molecule has 1 aromatic carbocycles. The second-order valence-electron chi connectivity index (χ2n) is 6.69. The summed E-state index contributed by atoms with van der Waals surface area (Å²) in [5.41, 5.74) is 4.90. The molecule has 5 rings (SSSR count). The molecule has 0 spiro atoms. The standard InChI is InChI=1S/C21H17N5OS2/c1-2-19(27)26-7-3-4-13(10-26)18-9-15-20(22-11-23-21(15)29-18)25-14-5-6-17-16(8-14)24-12-28-17/h2,4-6,8-9,11-12H,1,3,7,10H2,(H,22,23,25). The zero-order valence-electron chi connectivity index (χ0n) is 15.5. The van der Waals surface area contributed by atoms with Crippen LogP contribution in [0.2, 0.25) is 0 Å². The van der Waals surface area contributed by atoms with E-state index in [9.17, 15) is 4.79 Å². The number of nitrogens with one attached hydrogen (secondary N) is 1. The van der Waals surface area contributed by atoms with Gasteiger partial charge in [-0.25, -0.2) is 15.0 Å². The SMILES string of the molecule is C=CC(=O)N1CCC=C(c2cc3c(Nc4ccc5scnc5c4)ncnc3s2)C1. The number of hydrogen-bond acceptors (Lipinski definition) is 7. The van der Waals surface area contributed by atoms with E-state index in [-0.39, 0.29) is 5.91 Å². The van der Waals surface area contributed by atoms with Crippen molar-refractivity contribution >= 4 is 66.1 Å². The molecule has 0 radical (unpaired) electrons. The molecule has 1 N–H and O–H groups in total. The molecule has 0 bridgehead atoms. The first-order valence-corrected chi connectivity index (χ1v) is 10.9. The molecule has 3 aromatic heterocycles. The van der Waals surface area contributed by atoms with Crippen molar-refractivity contribution in [2.24, 2.45) is 0 Å². The Balaban J connectivity index is 1.47. The zero-order valence-corrected chi connectivity index (χ0v) is 17.1. The molecule has 29 heavy (non-hydrogen) atoms. The van der Waals surface area contributed by atoms with Gasteiger partial charge in [0.15, 0.2) is 0 Å². The summed E-state index contributed by atoms with van der Waals surface area (Å²) in [6, 6.07) is 8.22. The van der Waals surface area contributed by atoms with Crippen LogP contribution in [0.25, 0.3) is 26.0 Å². The van der Waals surface area contributed by atoms with Crippen LogP contribution in [-0.4, -0.2) is 38.8 Å². The molecule has 1 aliphatic heterocycles. The summed E-state index contributed by atoms with van der Waals surface area (Å²) < 4.78 is 1.16. The number of fused-ring (bicyclic) bond motifs is 2. The Kier molecular flexibility index (Phi) is 4.57. The molecule has 0 unspecified atom stereocenters. The fourth-order valence-electron chi connectivity index (χ4n) is 3.43. The molecule has 1 aliphatic rings.